The molecule has 0 aliphatic rings. The molecule has 0 aromatic heterocycles. The van der Waals surface area contributed by atoms with E-state index in [-0.39, 0.29) is 0 Å². The van der Waals surface area contributed by atoms with Gasteiger partial charge >= 0.3 is 17.8 Å². The van der Waals surface area contributed by atoms with Crippen molar-refractivity contribution in [1.82, 2.24) is 5.43 Å². The molecular weight excluding hydrogens is 478 g/mol. The molecule has 8 nitrogen and oxygen atoms in total. The summed E-state index contributed by atoms with van der Waals surface area (Å²) in [7, 11) is 1.54. The number of hydrazone groups is 1. The van der Waals surface area contributed by atoms with Gasteiger partial charge in [-0.2, -0.15) is 5.10 Å². The molecule has 0 saturated carbocycles. The van der Waals surface area contributed by atoms with Gasteiger partial charge in [0.1, 0.15) is 11.5 Å². The zero-order chi connectivity index (χ0) is 22.9. The highest BCUT2D eigenvalue weighted by atomic mass is 79.9. The van der Waals surface area contributed by atoms with Crippen LogP contribution in [-0.4, -0.2) is 31.1 Å². The monoisotopic (exact) mass is 495 g/mol. The van der Waals surface area contributed by atoms with Crippen LogP contribution in [0.15, 0.2) is 82.4 Å². The number of nitrogens with zero attached hydrogens (tertiary/aromatic N) is 1. The van der Waals surface area contributed by atoms with Crippen molar-refractivity contribution < 1.29 is 23.9 Å². The predicted molar refractivity (Wildman–Crippen MR) is 123 cm³/mol. The molecule has 32 heavy (non-hydrogen) atoms. The van der Waals surface area contributed by atoms with Crippen LogP contribution in [0.25, 0.3) is 0 Å². The van der Waals surface area contributed by atoms with E-state index in [4.69, 9.17) is 9.47 Å². The number of amides is 2. The van der Waals surface area contributed by atoms with Gasteiger partial charge in [-0.1, -0.05) is 15.9 Å². The highest BCUT2D eigenvalue weighted by Crippen LogP contribution is 2.16. The minimum atomic E-state index is -0.908. The van der Waals surface area contributed by atoms with Crippen LogP contribution in [0, 0.1) is 0 Å². The Labute approximate surface area is 192 Å². The van der Waals surface area contributed by atoms with Crippen molar-refractivity contribution in [2.75, 3.05) is 12.4 Å². The Balaban J connectivity index is 1.49. The van der Waals surface area contributed by atoms with Gasteiger partial charge in [-0.3, -0.25) is 9.59 Å². The summed E-state index contributed by atoms with van der Waals surface area (Å²) in [5, 5.41) is 6.22. The number of benzene rings is 3. The Hall–Kier alpha value is -3.98. The largest absolute Gasteiger partial charge is 0.497 e. The quantitative estimate of drug-likeness (QED) is 0.178. The summed E-state index contributed by atoms with van der Waals surface area (Å²) in [6, 6.07) is 19.8. The molecule has 0 fully saturated rings. The average molecular weight is 496 g/mol. The smallest absolute Gasteiger partial charge is 0.343 e. The van der Waals surface area contributed by atoms with Crippen LogP contribution in [-0.2, 0) is 9.59 Å². The number of methoxy groups -OCH3 is 1. The first-order valence-electron chi connectivity index (χ1n) is 9.31. The number of anilines is 1. The van der Waals surface area contributed by atoms with Gasteiger partial charge in [0.2, 0.25) is 0 Å². The van der Waals surface area contributed by atoms with Crippen molar-refractivity contribution >= 4 is 45.6 Å². The summed E-state index contributed by atoms with van der Waals surface area (Å²) >= 11 is 3.29. The first kappa shape index (κ1) is 22.7. The lowest BCUT2D eigenvalue weighted by Gasteiger charge is -2.05. The molecule has 0 saturated heterocycles. The molecule has 0 unspecified atom stereocenters. The van der Waals surface area contributed by atoms with E-state index in [0.29, 0.717) is 28.3 Å². The molecule has 9 heteroatoms. The number of rotatable bonds is 6. The van der Waals surface area contributed by atoms with Gasteiger partial charge in [0, 0.05) is 10.2 Å². The molecular formula is C23H18BrN3O5. The summed E-state index contributed by atoms with van der Waals surface area (Å²) in [5.74, 6) is -1.26. The van der Waals surface area contributed by atoms with Gasteiger partial charge in [-0.15, -0.1) is 0 Å². The highest BCUT2D eigenvalue weighted by Gasteiger charge is 2.13. The fourth-order valence-electron chi connectivity index (χ4n) is 2.45. The molecule has 0 aliphatic heterocycles. The van der Waals surface area contributed by atoms with E-state index in [1.54, 1.807) is 79.9 Å². The van der Waals surface area contributed by atoms with Crippen LogP contribution in [0.3, 0.4) is 0 Å². The summed E-state index contributed by atoms with van der Waals surface area (Å²) in [4.78, 5) is 35.9. The molecule has 162 valence electrons. The van der Waals surface area contributed by atoms with Crippen LogP contribution < -0.4 is 20.2 Å². The van der Waals surface area contributed by atoms with E-state index in [0.717, 1.165) is 4.47 Å². The second-order valence-corrected chi connectivity index (χ2v) is 7.26. The minimum Gasteiger partial charge on any atom is -0.497 e. The number of carbonyl (C=O) groups excluding carboxylic acids is 3. The van der Waals surface area contributed by atoms with Crippen LogP contribution >= 0.6 is 15.9 Å². The van der Waals surface area contributed by atoms with Crippen molar-refractivity contribution in [1.29, 1.82) is 0 Å². The minimum absolute atomic E-state index is 0.348. The molecule has 0 aliphatic carbocycles. The van der Waals surface area contributed by atoms with Gasteiger partial charge in [-0.25, -0.2) is 10.2 Å². The number of hydrogen-bond donors (Lipinski definition) is 2. The van der Waals surface area contributed by atoms with E-state index in [9.17, 15) is 14.4 Å². The lowest BCUT2D eigenvalue weighted by molar-refractivity contribution is -0.136. The predicted octanol–water partition coefficient (Wildman–Crippen LogP) is 3.77. The van der Waals surface area contributed by atoms with Crippen LogP contribution in [0.2, 0.25) is 0 Å². The van der Waals surface area contributed by atoms with Gasteiger partial charge in [0.05, 0.1) is 18.9 Å². The van der Waals surface area contributed by atoms with Crippen molar-refractivity contribution in [2.24, 2.45) is 5.10 Å². The molecule has 3 aromatic rings. The van der Waals surface area contributed by atoms with Crippen LogP contribution in [0.1, 0.15) is 15.9 Å². The van der Waals surface area contributed by atoms with Crippen molar-refractivity contribution in [2.45, 2.75) is 0 Å². The third kappa shape index (κ3) is 6.51. The molecule has 0 atom stereocenters. The van der Waals surface area contributed by atoms with Crippen LogP contribution in [0.5, 0.6) is 11.5 Å². The van der Waals surface area contributed by atoms with E-state index in [1.165, 1.54) is 6.21 Å². The molecule has 0 spiro atoms. The maximum Gasteiger partial charge on any atom is 0.343 e. The molecule has 3 rings (SSSR count). The SMILES string of the molecule is COc1ccc(C(=O)Oc2ccc(/C=N/NC(=O)C(=O)Nc3ccc(Br)cc3)cc2)cc1. The van der Waals surface area contributed by atoms with E-state index < -0.39 is 17.8 Å². The Bertz CT molecular complexity index is 1130. The van der Waals surface area contributed by atoms with Crippen LogP contribution in [0.4, 0.5) is 5.69 Å². The number of nitrogens with one attached hydrogen (secondary N) is 2. The Morgan fingerprint density at radius 1 is 0.844 bits per heavy atom. The number of halogens is 1. The van der Waals surface area contributed by atoms with Gasteiger partial charge in [0.15, 0.2) is 0 Å². The topological polar surface area (TPSA) is 106 Å². The summed E-state index contributed by atoms with van der Waals surface area (Å²) in [5.41, 5.74) is 3.65. The standard InChI is InChI=1S/C23H18BrN3O5/c1-31-19-12-4-16(5-13-19)23(30)32-20-10-2-15(3-11-20)14-25-27-22(29)21(28)26-18-8-6-17(24)7-9-18/h2-14H,1H3,(H,26,28)(H,27,29)/b25-14+. The zero-order valence-corrected chi connectivity index (χ0v) is 18.5. The summed E-state index contributed by atoms with van der Waals surface area (Å²) in [6.45, 7) is 0. The van der Waals surface area contributed by atoms with Crippen molar-refractivity contribution in [3.63, 3.8) is 0 Å². The second kappa shape index (κ2) is 10.9. The average Bonchev–Trinajstić information content (AvgIpc) is 2.81. The Kier molecular flexibility index (Phi) is 7.71. The molecule has 0 radical (unpaired) electrons. The number of hydrogen-bond acceptors (Lipinski definition) is 6. The fourth-order valence-corrected chi connectivity index (χ4v) is 2.72. The number of esters is 1. The Morgan fingerprint density at radius 3 is 2.09 bits per heavy atom. The van der Waals surface area contributed by atoms with Gasteiger partial charge < -0.3 is 14.8 Å². The third-order valence-electron chi connectivity index (χ3n) is 4.10. The van der Waals surface area contributed by atoms with E-state index >= 15 is 0 Å². The van der Waals surface area contributed by atoms with E-state index in [2.05, 4.69) is 31.8 Å². The number of carbonyl (C=O) groups is 3. The fraction of sp³-hybridized carbons (Fsp3) is 0.0435. The maximum absolute atomic E-state index is 12.2. The molecule has 2 N–H and O–H groups in total. The molecule has 0 bridgehead atoms. The lowest BCUT2D eigenvalue weighted by Crippen LogP contribution is -2.32. The Morgan fingerprint density at radius 2 is 1.47 bits per heavy atom. The normalized spacial score (nSPS) is 10.4. The first-order chi connectivity index (χ1) is 15.4. The second-order valence-electron chi connectivity index (χ2n) is 6.35. The summed E-state index contributed by atoms with van der Waals surface area (Å²) < 4.78 is 11.2. The molecule has 0 heterocycles. The van der Waals surface area contributed by atoms with Crippen molar-refractivity contribution in [3.05, 3.63) is 88.4 Å². The maximum atomic E-state index is 12.2. The van der Waals surface area contributed by atoms with E-state index in [1.807, 2.05) is 0 Å². The molecule has 2 amide bonds. The highest BCUT2D eigenvalue weighted by molar-refractivity contribution is 9.10. The summed E-state index contributed by atoms with van der Waals surface area (Å²) in [6.07, 6.45) is 1.36. The zero-order valence-electron chi connectivity index (χ0n) is 16.9. The first-order valence-corrected chi connectivity index (χ1v) is 10.1. The molecule has 3 aromatic carbocycles. The lowest BCUT2D eigenvalue weighted by atomic mass is 10.2. The van der Waals surface area contributed by atoms with Gasteiger partial charge in [0.25, 0.3) is 0 Å². The van der Waals surface area contributed by atoms with Gasteiger partial charge in [-0.05, 0) is 78.4 Å². The van der Waals surface area contributed by atoms with Crippen molar-refractivity contribution in [3.8, 4) is 11.5 Å². The number of ether oxygens (including phenoxy) is 2. The third-order valence-corrected chi connectivity index (χ3v) is 4.63.